The molecule has 0 saturated heterocycles. The van der Waals surface area contributed by atoms with E-state index in [1.807, 2.05) is 36.7 Å². The molecule has 0 aliphatic rings. The van der Waals surface area contributed by atoms with E-state index in [1.165, 1.54) is 27.1 Å². The first-order valence-electron chi connectivity index (χ1n) is 17.4. The van der Waals surface area contributed by atoms with Crippen LogP contribution in [0.4, 0.5) is 0 Å². The molecule has 0 aliphatic carbocycles. The summed E-state index contributed by atoms with van der Waals surface area (Å²) in [7, 11) is 0. The molecule has 12 aromatic rings. The average Bonchev–Trinajstić information content (AvgIpc) is 3.95. The summed E-state index contributed by atoms with van der Waals surface area (Å²) >= 11 is 0. The van der Waals surface area contributed by atoms with Crippen LogP contribution in [-0.2, 0) is 0 Å². The highest BCUT2D eigenvalue weighted by molar-refractivity contribution is 6.14. The van der Waals surface area contributed by atoms with Crippen molar-refractivity contribution >= 4 is 87.7 Å². The smallest absolute Gasteiger partial charge is 0.161 e. The molecule has 6 aromatic carbocycles. The molecule has 0 saturated carbocycles. The Morgan fingerprint density at radius 3 is 1.71 bits per heavy atom. The minimum atomic E-state index is 0.789. The molecule has 0 amide bonds. The number of benzene rings is 6. The zero-order chi connectivity index (χ0) is 33.9. The number of hydrogen-bond acceptors (Lipinski definition) is 4. The molecule has 0 fully saturated rings. The number of rotatable bonds is 3. The lowest BCUT2D eigenvalue weighted by atomic mass is 10.0. The molecule has 0 unspecified atom stereocenters. The topological polar surface area (TPSA) is 61.9 Å². The van der Waals surface area contributed by atoms with Crippen molar-refractivity contribution in [2.24, 2.45) is 0 Å². The summed E-state index contributed by atoms with van der Waals surface area (Å²) < 4.78 is 17.2. The van der Waals surface area contributed by atoms with Gasteiger partial charge in [-0.15, -0.1) is 0 Å². The Morgan fingerprint density at radius 2 is 0.981 bits per heavy atom. The van der Waals surface area contributed by atoms with Crippen molar-refractivity contribution in [3.63, 3.8) is 0 Å². The summed E-state index contributed by atoms with van der Waals surface area (Å²) in [6.07, 6.45) is 3.64. The molecular weight excluding hydrogens is 641 g/mol. The molecule has 0 aliphatic heterocycles. The summed E-state index contributed by atoms with van der Waals surface area (Å²) in [5.74, 6) is 0. The Bertz CT molecular complexity index is 3430. The molecule has 52 heavy (non-hydrogen) atoms. The summed E-state index contributed by atoms with van der Waals surface area (Å²) in [6, 6.07) is 51.4. The van der Waals surface area contributed by atoms with Crippen LogP contribution < -0.4 is 0 Å². The third-order valence-corrected chi connectivity index (χ3v) is 10.6. The largest absolute Gasteiger partial charge is 0.454 e. The minimum Gasteiger partial charge on any atom is -0.454 e. The maximum atomic E-state index is 6.45. The summed E-state index contributed by atoms with van der Waals surface area (Å²) in [4.78, 5) is 9.26. The van der Waals surface area contributed by atoms with Crippen molar-refractivity contribution < 1.29 is 8.83 Å². The number of hydrogen-bond donors (Lipinski definition) is 0. The lowest BCUT2D eigenvalue weighted by Gasteiger charge is -2.10. The van der Waals surface area contributed by atoms with Crippen LogP contribution in [0.3, 0.4) is 0 Å². The van der Waals surface area contributed by atoms with Crippen molar-refractivity contribution in [1.82, 2.24) is 19.1 Å². The molecule has 0 bridgehead atoms. The van der Waals surface area contributed by atoms with Gasteiger partial charge in [-0.2, -0.15) is 0 Å². The maximum absolute atomic E-state index is 6.45. The van der Waals surface area contributed by atoms with E-state index in [0.29, 0.717) is 0 Å². The zero-order valence-corrected chi connectivity index (χ0v) is 27.6. The molecule has 6 heterocycles. The Labute approximate surface area is 295 Å². The zero-order valence-electron chi connectivity index (χ0n) is 27.6. The Hall–Kier alpha value is -7.18. The van der Waals surface area contributed by atoms with E-state index in [1.54, 1.807) is 0 Å². The van der Waals surface area contributed by atoms with Gasteiger partial charge in [0.25, 0.3) is 0 Å². The van der Waals surface area contributed by atoms with Crippen LogP contribution in [0.15, 0.2) is 167 Å². The third kappa shape index (κ3) is 3.72. The van der Waals surface area contributed by atoms with E-state index in [4.69, 9.17) is 8.83 Å². The van der Waals surface area contributed by atoms with Gasteiger partial charge >= 0.3 is 0 Å². The number of fused-ring (bicyclic) bond motifs is 12. The van der Waals surface area contributed by atoms with Crippen molar-refractivity contribution in [3.05, 3.63) is 158 Å². The van der Waals surface area contributed by atoms with Gasteiger partial charge in [0.15, 0.2) is 16.7 Å². The highest BCUT2D eigenvalue weighted by Crippen LogP contribution is 2.41. The number of pyridine rings is 2. The Kier molecular flexibility index (Phi) is 5.41. The molecule has 0 atom stereocenters. The number of aromatic nitrogens is 4. The molecule has 0 spiro atoms. The van der Waals surface area contributed by atoms with E-state index in [2.05, 4.69) is 140 Å². The van der Waals surface area contributed by atoms with E-state index in [0.717, 1.165) is 83.1 Å². The normalized spacial score (nSPS) is 12.2. The molecule has 6 heteroatoms. The van der Waals surface area contributed by atoms with Crippen LogP contribution in [0, 0.1) is 0 Å². The number of furan rings is 2. The monoisotopic (exact) mass is 666 g/mol. The number of nitrogens with zero attached hydrogens (tertiary/aromatic N) is 4. The van der Waals surface area contributed by atoms with E-state index in [9.17, 15) is 0 Å². The highest BCUT2D eigenvalue weighted by atomic mass is 16.3. The average molecular weight is 667 g/mol. The van der Waals surface area contributed by atoms with Gasteiger partial charge in [0.05, 0.1) is 27.8 Å². The fraction of sp³-hybridized carbons (Fsp3) is 0. The van der Waals surface area contributed by atoms with Gasteiger partial charge in [0.1, 0.15) is 16.6 Å². The van der Waals surface area contributed by atoms with Crippen molar-refractivity contribution in [2.45, 2.75) is 0 Å². The first-order chi connectivity index (χ1) is 25.8. The summed E-state index contributed by atoms with van der Waals surface area (Å²) in [5.41, 5.74) is 14.0. The summed E-state index contributed by atoms with van der Waals surface area (Å²) in [6.45, 7) is 0. The van der Waals surface area contributed by atoms with Crippen LogP contribution in [0.2, 0.25) is 0 Å². The predicted octanol–water partition coefficient (Wildman–Crippen LogP) is 12.1. The molecule has 6 nitrogen and oxygen atoms in total. The van der Waals surface area contributed by atoms with Crippen LogP contribution in [-0.4, -0.2) is 19.1 Å². The first-order valence-corrected chi connectivity index (χ1v) is 17.4. The van der Waals surface area contributed by atoms with E-state index < -0.39 is 0 Å². The van der Waals surface area contributed by atoms with Crippen LogP contribution in [0.5, 0.6) is 0 Å². The van der Waals surface area contributed by atoms with Gasteiger partial charge < -0.3 is 18.0 Å². The molecular formula is C46H26N4O2. The van der Waals surface area contributed by atoms with Crippen molar-refractivity contribution in [3.8, 4) is 22.5 Å². The second-order valence-corrected chi connectivity index (χ2v) is 13.4. The van der Waals surface area contributed by atoms with Crippen LogP contribution in [0.1, 0.15) is 0 Å². The van der Waals surface area contributed by atoms with Gasteiger partial charge in [-0.25, -0.2) is 0 Å². The predicted molar refractivity (Wildman–Crippen MR) is 211 cm³/mol. The van der Waals surface area contributed by atoms with Gasteiger partial charge in [-0.3, -0.25) is 9.97 Å². The third-order valence-electron chi connectivity index (χ3n) is 10.6. The van der Waals surface area contributed by atoms with Crippen LogP contribution in [0.25, 0.3) is 110 Å². The van der Waals surface area contributed by atoms with E-state index in [-0.39, 0.29) is 0 Å². The molecule has 6 aromatic heterocycles. The standard InChI is InChI=1S/C46H26N4O2/c1-3-11-36-30(8-1)33-24-27(16-19-38(33)49(36)29-18-21-41-35(26-29)45-42(51-41)14-6-23-48-45)28-17-20-39-34(25-28)31-9-2-4-12-37(31)50(39)40-13-5-10-32-44-43(52-46(32)40)15-7-22-47-44/h1-26H. The maximum Gasteiger partial charge on any atom is 0.161 e. The quantitative estimate of drug-likeness (QED) is 0.188. The van der Waals surface area contributed by atoms with Gasteiger partial charge in [-0.1, -0.05) is 54.6 Å². The van der Waals surface area contributed by atoms with E-state index >= 15 is 0 Å². The number of para-hydroxylation sites is 3. The van der Waals surface area contributed by atoms with Gasteiger partial charge in [0, 0.05) is 50.4 Å². The second-order valence-electron chi connectivity index (χ2n) is 13.4. The lowest BCUT2D eigenvalue weighted by molar-refractivity contribution is 0.665. The molecule has 0 N–H and O–H groups in total. The van der Waals surface area contributed by atoms with Crippen molar-refractivity contribution in [1.29, 1.82) is 0 Å². The first kappa shape index (κ1) is 27.6. The molecule has 242 valence electrons. The van der Waals surface area contributed by atoms with Crippen molar-refractivity contribution in [2.75, 3.05) is 0 Å². The Balaban J connectivity index is 1.05. The Morgan fingerprint density at radius 1 is 0.385 bits per heavy atom. The van der Waals surface area contributed by atoms with Crippen LogP contribution >= 0.6 is 0 Å². The van der Waals surface area contributed by atoms with Gasteiger partial charge in [0.2, 0.25) is 0 Å². The van der Waals surface area contributed by atoms with Gasteiger partial charge in [-0.05, 0) is 102 Å². The summed E-state index contributed by atoms with van der Waals surface area (Å²) in [5, 5.41) is 6.82. The highest BCUT2D eigenvalue weighted by Gasteiger charge is 2.20. The minimum absolute atomic E-state index is 0.789. The molecule has 12 rings (SSSR count). The second kappa shape index (κ2) is 10.2. The fourth-order valence-electron chi connectivity index (χ4n) is 8.35. The lowest BCUT2D eigenvalue weighted by Crippen LogP contribution is -1.94. The molecule has 0 radical (unpaired) electrons. The fourth-order valence-corrected chi connectivity index (χ4v) is 8.35. The SMILES string of the molecule is c1cnc2c(c1)oc1ccc(-n3c4ccccc4c4cc(-c5ccc6c(c5)c5ccccc5n6-c5cccc6c5oc5cccnc56)ccc43)cc12.